The molecule has 0 unspecified atom stereocenters. The third-order valence-electron chi connectivity index (χ3n) is 3.00. The van der Waals surface area contributed by atoms with Gasteiger partial charge in [0.1, 0.15) is 0 Å². The molecule has 1 aliphatic carbocycles. The molecule has 3 nitrogen and oxygen atoms in total. The van der Waals surface area contributed by atoms with Gasteiger partial charge in [-0.25, -0.2) is 0 Å². The maximum absolute atomic E-state index is 8.76. The molecule has 0 bridgehead atoms. The van der Waals surface area contributed by atoms with Crippen LogP contribution in [0, 0.1) is 0 Å². The van der Waals surface area contributed by atoms with E-state index in [1.165, 1.54) is 38.8 Å². The lowest BCUT2D eigenvalue weighted by Gasteiger charge is -2.22. The van der Waals surface area contributed by atoms with E-state index >= 15 is 0 Å². The Bertz CT molecular complexity index is 185. The molecule has 0 aromatic rings. The molecule has 12 heavy (non-hydrogen) atoms. The van der Waals surface area contributed by atoms with Crippen LogP contribution in [0.5, 0.6) is 0 Å². The molecule has 0 radical (unpaired) electrons. The van der Waals surface area contributed by atoms with E-state index in [1.807, 2.05) is 0 Å². The van der Waals surface area contributed by atoms with Crippen molar-refractivity contribution in [3.63, 3.8) is 0 Å². The molecule has 2 aliphatic rings. The average Bonchev–Trinajstić information content (AvgIpc) is 2.74. The van der Waals surface area contributed by atoms with Gasteiger partial charge in [0.2, 0.25) is 0 Å². The van der Waals surface area contributed by atoms with E-state index in [9.17, 15) is 0 Å². The smallest absolute Gasteiger partial charge is 0.0742 e. The van der Waals surface area contributed by atoms with Crippen LogP contribution in [0.25, 0.3) is 0 Å². The summed E-state index contributed by atoms with van der Waals surface area (Å²) in [5.41, 5.74) is 1.01. The van der Waals surface area contributed by atoms with Gasteiger partial charge < -0.3 is 5.21 Å². The lowest BCUT2D eigenvalue weighted by Crippen LogP contribution is -2.35. The minimum absolute atomic E-state index is 0.470. The molecule has 1 heterocycles. The first-order chi connectivity index (χ1) is 5.92. The van der Waals surface area contributed by atoms with Gasteiger partial charge in [-0.05, 0) is 45.2 Å². The molecule has 0 spiro atoms. The van der Waals surface area contributed by atoms with Crippen molar-refractivity contribution in [1.29, 1.82) is 0 Å². The summed E-state index contributed by atoms with van der Waals surface area (Å²) in [6, 6.07) is 0.470. The minimum Gasteiger partial charge on any atom is -0.411 e. The molecular weight excluding hydrogens is 152 g/mol. The van der Waals surface area contributed by atoms with Crippen LogP contribution in [0.2, 0.25) is 0 Å². The van der Waals surface area contributed by atoms with Crippen molar-refractivity contribution in [1.82, 2.24) is 4.90 Å². The Kier molecular flexibility index (Phi) is 2.30. The summed E-state index contributed by atoms with van der Waals surface area (Å²) in [5.74, 6) is 0. The normalized spacial score (nSPS) is 35.0. The molecule has 0 aromatic heterocycles. The van der Waals surface area contributed by atoms with Gasteiger partial charge in [-0.1, -0.05) is 5.16 Å². The van der Waals surface area contributed by atoms with Crippen LogP contribution >= 0.6 is 0 Å². The number of rotatable bonds is 1. The van der Waals surface area contributed by atoms with Crippen LogP contribution in [0.4, 0.5) is 0 Å². The molecule has 2 rings (SSSR count). The Hall–Kier alpha value is -0.570. The number of hydrogen-bond acceptors (Lipinski definition) is 3. The van der Waals surface area contributed by atoms with E-state index in [0.717, 1.165) is 12.1 Å². The van der Waals surface area contributed by atoms with Crippen molar-refractivity contribution in [2.45, 2.75) is 38.1 Å². The van der Waals surface area contributed by atoms with Crippen molar-refractivity contribution >= 4 is 5.71 Å². The average molecular weight is 168 g/mol. The van der Waals surface area contributed by atoms with Crippen molar-refractivity contribution in [3.8, 4) is 0 Å². The zero-order valence-electron chi connectivity index (χ0n) is 7.37. The monoisotopic (exact) mass is 168 g/mol. The van der Waals surface area contributed by atoms with Gasteiger partial charge in [-0.2, -0.15) is 0 Å². The first-order valence-corrected chi connectivity index (χ1v) is 4.86. The summed E-state index contributed by atoms with van der Waals surface area (Å²) < 4.78 is 0. The largest absolute Gasteiger partial charge is 0.411 e. The molecule has 68 valence electrons. The molecule has 2 fully saturated rings. The highest BCUT2D eigenvalue weighted by Gasteiger charge is 2.30. The third-order valence-corrected chi connectivity index (χ3v) is 3.00. The van der Waals surface area contributed by atoms with Crippen molar-refractivity contribution in [2.75, 3.05) is 13.1 Å². The standard InChI is InChI=1S/C9H16N2O/c12-10-8-4-3-5-9(8)11-6-1-2-7-11/h9,12H,1-7H2/b10-8+/t9-/m0/s1. The van der Waals surface area contributed by atoms with Gasteiger partial charge in [-0.15, -0.1) is 0 Å². The molecule has 1 saturated carbocycles. The molecule has 3 heteroatoms. The summed E-state index contributed by atoms with van der Waals surface area (Å²) >= 11 is 0. The topological polar surface area (TPSA) is 35.8 Å². The van der Waals surface area contributed by atoms with Crippen LogP contribution in [-0.4, -0.2) is 35.0 Å². The quantitative estimate of drug-likeness (QED) is 0.475. The lowest BCUT2D eigenvalue weighted by atomic mass is 10.2. The van der Waals surface area contributed by atoms with Crippen LogP contribution < -0.4 is 0 Å². The molecule has 1 saturated heterocycles. The Balaban J connectivity index is 2.01. The van der Waals surface area contributed by atoms with E-state index in [4.69, 9.17) is 5.21 Å². The second-order valence-electron chi connectivity index (χ2n) is 3.74. The highest BCUT2D eigenvalue weighted by molar-refractivity contribution is 5.90. The Morgan fingerprint density at radius 2 is 2.00 bits per heavy atom. The zero-order chi connectivity index (χ0) is 8.39. The van der Waals surface area contributed by atoms with E-state index in [1.54, 1.807) is 0 Å². The molecular formula is C9H16N2O. The molecule has 0 amide bonds. The van der Waals surface area contributed by atoms with Gasteiger partial charge in [0.05, 0.1) is 11.8 Å². The predicted octanol–water partition coefficient (Wildman–Crippen LogP) is 1.46. The summed E-state index contributed by atoms with van der Waals surface area (Å²) in [6.07, 6.45) is 6.02. The fourth-order valence-corrected chi connectivity index (χ4v) is 2.37. The van der Waals surface area contributed by atoms with Gasteiger partial charge >= 0.3 is 0 Å². The molecule has 0 aromatic carbocycles. The SMILES string of the molecule is O/N=C1\CCC[C@@H]1N1CCCC1. The summed E-state index contributed by atoms with van der Waals surface area (Å²) in [5, 5.41) is 12.1. The summed E-state index contributed by atoms with van der Waals surface area (Å²) in [6.45, 7) is 2.40. The zero-order valence-corrected chi connectivity index (χ0v) is 7.37. The summed E-state index contributed by atoms with van der Waals surface area (Å²) in [7, 11) is 0. The first kappa shape index (κ1) is 8.05. The van der Waals surface area contributed by atoms with E-state index in [-0.39, 0.29) is 0 Å². The Morgan fingerprint density at radius 3 is 2.67 bits per heavy atom. The Morgan fingerprint density at radius 1 is 1.25 bits per heavy atom. The van der Waals surface area contributed by atoms with Gasteiger partial charge in [-0.3, -0.25) is 4.90 Å². The van der Waals surface area contributed by atoms with E-state index < -0.39 is 0 Å². The highest BCUT2D eigenvalue weighted by atomic mass is 16.4. The maximum atomic E-state index is 8.76. The number of hydrogen-bond donors (Lipinski definition) is 1. The number of likely N-dealkylation sites (tertiary alicyclic amines) is 1. The van der Waals surface area contributed by atoms with Gasteiger partial charge in [0.25, 0.3) is 0 Å². The van der Waals surface area contributed by atoms with E-state index in [2.05, 4.69) is 10.1 Å². The number of oxime groups is 1. The van der Waals surface area contributed by atoms with Crippen molar-refractivity contribution in [3.05, 3.63) is 0 Å². The second kappa shape index (κ2) is 3.44. The van der Waals surface area contributed by atoms with Crippen LogP contribution in [0.1, 0.15) is 32.1 Å². The maximum Gasteiger partial charge on any atom is 0.0742 e. The minimum atomic E-state index is 0.470. The number of nitrogens with zero attached hydrogens (tertiary/aromatic N) is 2. The molecule has 1 aliphatic heterocycles. The van der Waals surface area contributed by atoms with Gasteiger partial charge in [0.15, 0.2) is 0 Å². The summed E-state index contributed by atoms with van der Waals surface area (Å²) in [4.78, 5) is 2.46. The Labute approximate surface area is 73.1 Å². The third kappa shape index (κ3) is 1.33. The first-order valence-electron chi connectivity index (χ1n) is 4.86. The van der Waals surface area contributed by atoms with Crippen LogP contribution in [-0.2, 0) is 0 Å². The van der Waals surface area contributed by atoms with Crippen LogP contribution in [0.15, 0.2) is 5.16 Å². The van der Waals surface area contributed by atoms with Crippen molar-refractivity contribution in [2.24, 2.45) is 5.16 Å². The second-order valence-corrected chi connectivity index (χ2v) is 3.74. The van der Waals surface area contributed by atoms with Gasteiger partial charge in [0, 0.05) is 0 Å². The van der Waals surface area contributed by atoms with E-state index in [0.29, 0.717) is 6.04 Å². The molecule has 1 atom stereocenters. The van der Waals surface area contributed by atoms with Crippen LogP contribution in [0.3, 0.4) is 0 Å². The predicted molar refractivity (Wildman–Crippen MR) is 47.7 cm³/mol. The van der Waals surface area contributed by atoms with Crippen molar-refractivity contribution < 1.29 is 5.21 Å². The molecule has 1 N–H and O–H groups in total. The lowest BCUT2D eigenvalue weighted by molar-refractivity contribution is 0.279. The fourth-order valence-electron chi connectivity index (χ4n) is 2.37. The fraction of sp³-hybridized carbons (Fsp3) is 0.889. The highest BCUT2D eigenvalue weighted by Crippen LogP contribution is 2.24.